The predicted octanol–water partition coefficient (Wildman–Crippen LogP) is 1.49. The number of methoxy groups -OCH3 is 2. The Bertz CT molecular complexity index is 300. The topological polar surface area (TPSA) is 44.5 Å². The third-order valence-electron chi connectivity index (χ3n) is 2.78. The summed E-state index contributed by atoms with van der Waals surface area (Å²) < 4.78 is 10.7. The van der Waals surface area contributed by atoms with Crippen molar-refractivity contribution < 1.29 is 9.47 Å². The largest absolute Gasteiger partial charge is 0.352 e. The molecule has 0 amide bonds. The lowest BCUT2D eigenvalue weighted by Gasteiger charge is -2.30. The second-order valence-corrected chi connectivity index (χ2v) is 3.63. The first-order valence-electron chi connectivity index (χ1n) is 5.02. The molecule has 0 atom stereocenters. The molecule has 0 aliphatic heterocycles. The third kappa shape index (κ3) is 2.78. The van der Waals surface area contributed by atoms with Crippen LogP contribution in [0.3, 0.4) is 0 Å². The van der Waals surface area contributed by atoms with Gasteiger partial charge in [-0.05, 0) is 18.1 Å². The number of aryl methyl sites for hydroxylation is 1. The Morgan fingerprint density at radius 2 is 1.80 bits per heavy atom. The van der Waals surface area contributed by atoms with Crippen LogP contribution in [-0.4, -0.2) is 26.6 Å². The van der Waals surface area contributed by atoms with E-state index < -0.39 is 5.79 Å². The van der Waals surface area contributed by atoms with Gasteiger partial charge in [-0.15, -0.1) is 0 Å². The molecular formula is C12H19NO2. The first-order valence-corrected chi connectivity index (χ1v) is 5.02. The minimum absolute atomic E-state index is 0.342. The average molecular weight is 209 g/mol. The normalized spacial score (nSPS) is 11.7. The minimum Gasteiger partial charge on any atom is -0.352 e. The summed E-state index contributed by atoms with van der Waals surface area (Å²) in [6.45, 7) is 2.41. The number of rotatable bonds is 5. The predicted molar refractivity (Wildman–Crippen MR) is 60.7 cm³/mol. The summed E-state index contributed by atoms with van der Waals surface area (Å²) in [5, 5.41) is 0. The van der Waals surface area contributed by atoms with Gasteiger partial charge in [-0.25, -0.2) is 0 Å². The van der Waals surface area contributed by atoms with E-state index in [9.17, 15) is 0 Å². The number of hydrogen-bond acceptors (Lipinski definition) is 3. The Morgan fingerprint density at radius 3 is 2.27 bits per heavy atom. The summed E-state index contributed by atoms with van der Waals surface area (Å²) in [6, 6.07) is 8.16. The van der Waals surface area contributed by atoms with E-state index in [1.807, 2.05) is 12.1 Å². The number of nitrogens with two attached hydrogens (primary N) is 1. The Hall–Kier alpha value is -0.900. The van der Waals surface area contributed by atoms with Gasteiger partial charge in [0.05, 0.1) is 0 Å². The first-order chi connectivity index (χ1) is 7.17. The zero-order chi connectivity index (χ0) is 11.3. The van der Waals surface area contributed by atoms with E-state index in [2.05, 4.69) is 19.1 Å². The lowest BCUT2D eigenvalue weighted by atomic mass is 10.0. The van der Waals surface area contributed by atoms with E-state index in [1.54, 1.807) is 14.2 Å². The Labute approximate surface area is 91.2 Å². The molecule has 0 unspecified atom stereocenters. The lowest BCUT2D eigenvalue weighted by molar-refractivity contribution is -0.197. The zero-order valence-corrected chi connectivity index (χ0v) is 9.62. The van der Waals surface area contributed by atoms with E-state index in [0.717, 1.165) is 0 Å². The first kappa shape index (κ1) is 12.2. The van der Waals surface area contributed by atoms with Crippen molar-refractivity contribution in [3.05, 3.63) is 35.4 Å². The maximum absolute atomic E-state index is 5.68. The summed E-state index contributed by atoms with van der Waals surface area (Å²) >= 11 is 0. The Kier molecular flexibility index (Phi) is 4.27. The molecule has 1 aromatic rings. The molecule has 0 saturated heterocycles. The molecule has 0 saturated carbocycles. The van der Waals surface area contributed by atoms with Gasteiger partial charge in [0.15, 0.2) is 5.79 Å². The quantitative estimate of drug-likeness (QED) is 0.747. The van der Waals surface area contributed by atoms with Crippen molar-refractivity contribution in [1.82, 2.24) is 0 Å². The Balaban J connectivity index is 2.88. The molecule has 3 nitrogen and oxygen atoms in total. The SMILES string of the molecule is COC(CN)(Cc1ccccc1C)OC. The molecule has 1 aromatic carbocycles. The van der Waals surface area contributed by atoms with Gasteiger partial charge < -0.3 is 15.2 Å². The van der Waals surface area contributed by atoms with Crippen molar-refractivity contribution in [2.24, 2.45) is 5.73 Å². The summed E-state index contributed by atoms with van der Waals surface area (Å²) in [5.74, 6) is -0.702. The van der Waals surface area contributed by atoms with Crippen LogP contribution in [0, 0.1) is 6.92 Å². The van der Waals surface area contributed by atoms with Crippen LogP contribution in [0.15, 0.2) is 24.3 Å². The fourth-order valence-corrected chi connectivity index (χ4v) is 1.57. The van der Waals surface area contributed by atoms with Crippen LogP contribution in [0.1, 0.15) is 11.1 Å². The average Bonchev–Trinajstić information content (AvgIpc) is 2.29. The molecule has 15 heavy (non-hydrogen) atoms. The van der Waals surface area contributed by atoms with Gasteiger partial charge in [0, 0.05) is 27.2 Å². The Morgan fingerprint density at radius 1 is 1.20 bits per heavy atom. The molecule has 0 spiro atoms. The highest BCUT2D eigenvalue weighted by Gasteiger charge is 2.28. The molecule has 0 aliphatic carbocycles. The zero-order valence-electron chi connectivity index (χ0n) is 9.62. The highest BCUT2D eigenvalue weighted by atomic mass is 16.7. The van der Waals surface area contributed by atoms with Crippen LogP contribution in [0.25, 0.3) is 0 Å². The van der Waals surface area contributed by atoms with Gasteiger partial charge >= 0.3 is 0 Å². The molecule has 0 bridgehead atoms. The van der Waals surface area contributed by atoms with Crippen LogP contribution in [0.5, 0.6) is 0 Å². The summed E-state index contributed by atoms with van der Waals surface area (Å²) in [7, 11) is 3.24. The van der Waals surface area contributed by atoms with Gasteiger partial charge in [0.1, 0.15) is 0 Å². The van der Waals surface area contributed by atoms with Gasteiger partial charge in [0.2, 0.25) is 0 Å². The van der Waals surface area contributed by atoms with Crippen molar-refractivity contribution in [1.29, 1.82) is 0 Å². The van der Waals surface area contributed by atoms with Crippen molar-refractivity contribution in [2.75, 3.05) is 20.8 Å². The van der Waals surface area contributed by atoms with E-state index in [4.69, 9.17) is 15.2 Å². The molecule has 3 heteroatoms. The highest BCUT2D eigenvalue weighted by Crippen LogP contribution is 2.19. The van der Waals surface area contributed by atoms with E-state index in [-0.39, 0.29) is 0 Å². The monoisotopic (exact) mass is 209 g/mol. The van der Waals surface area contributed by atoms with Crippen LogP contribution >= 0.6 is 0 Å². The molecule has 0 aliphatic rings. The second kappa shape index (κ2) is 5.26. The summed E-state index contributed by atoms with van der Waals surface area (Å²) in [6.07, 6.45) is 0.670. The standard InChI is InChI=1S/C12H19NO2/c1-10-6-4-5-7-11(10)8-12(9-13,14-2)15-3/h4-7H,8-9,13H2,1-3H3. The van der Waals surface area contributed by atoms with Crippen molar-refractivity contribution in [3.8, 4) is 0 Å². The van der Waals surface area contributed by atoms with Gasteiger partial charge in [-0.1, -0.05) is 24.3 Å². The molecule has 1 rings (SSSR count). The van der Waals surface area contributed by atoms with E-state index in [0.29, 0.717) is 13.0 Å². The molecule has 84 valence electrons. The summed E-state index contributed by atoms with van der Waals surface area (Å²) in [5.41, 5.74) is 8.10. The minimum atomic E-state index is -0.702. The molecular weight excluding hydrogens is 190 g/mol. The van der Waals surface area contributed by atoms with E-state index >= 15 is 0 Å². The second-order valence-electron chi connectivity index (χ2n) is 3.63. The molecule has 0 fully saturated rings. The van der Waals surface area contributed by atoms with E-state index in [1.165, 1.54) is 11.1 Å². The van der Waals surface area contributed by atoms with Crippen molar-refractivity contribution in [3.63, 3.8) is 0 Å². The van der Waals surface area contributed by atoms with Crippen molar-refractivity contribution >= 4 is 0 Å². The highest BCUT2D eigenvalue weighted by molar-refractivity contribution is 5.26. The van der Waals surface area contributed by atoms with Gasteiger partial charge in [-0.2, -0.15) is 0 Å². The fourth-order valence-electron chi connectivity index (χ4n) is 1.57. The van der Waals surface area contributed by atoms with Crippen molar-refractivity contribution in [2.45, 2.75) is 19.1 Å². The third-order valence-corrected chi connectivity index (χ3v) is 2.78. The smallest absolute Gasteiger partial charge is 0.183 e. The van der Waals surface area contributed by atoms with Gasteiger partial charge in [0.25, 0.3) is 0 Å². The maximum atomic E-state index is 5.68. The lowest BCUT2D eigenvalue weighted by Crippen LogP contribution is -2.44. The summed E-state index contributed by atoms with van der Waals surface area (Å²) in [4.78, 5) is 0. The van der Waals surface area contributed by atoms with Crippen LogP contribution in [0.4, 0.5) is 0 Å². The van der Waals surface area contributed by atoms with Gasteiger partial charge in [-0.3, -0.25) is 0 Å². The van der Waals surface area contributed by atoms with Crippen LogP contribution in [0.2, 0.25) is 0 Å². The molecule has 0 aromatic heterocycles. The van der Waals surface area contributed by atoms with Crippen LogP contribution < -0.4 is 5.73 Å². The number of ether oxygens (including phenoxy) is 2. The number of benzene rings is 1. The number of hydrogen-bond donors (Lipinski definition) is 1. The van der Waals surface area contributed by atoms with Crippen LogP contribution in [-0.2, 0) is 15.9 Å². The fraction of sp³-hybridized carbons (Fsp3) is 0.500. The molecule has 0 radical (unpaired) electrons. The maximum Gasteiger partial charge on any atom is 0.183 e. The molecule has 2 N–H and O–H groups in total. The molecule has 0 heterocycles.